The highest BCUT2D eigenvalue weighted by Gasteiger charge is 2.38. The minimum atomic E-state index is 0.0630. The highest BCUT2D eigenvalue weighted by atomic mass is 32.1. The number of hydrogen-bond donors (Lipinski definition) is 1. The molecular weight excluding hydrogens is 280 g/mol. The lowest BCUT2D eigenvalue weighted by molar-refractivity contribution is -0.123. The summed E-state index contributed by atoms with van der Waals surface area (Å²) in [7, 11) is 0. The van der Waals surface area contributed by atoms with Gasteiger partial charge in [0, 0.05) is 10.9 Å². The molecule has 0 spiro atoms. The summed E-state index contributed by atoms with van der Waals surface area (Å²) in [5.41, 5.74) is 2.22. The quantitative estimate of drug-likeness (QED) is 0.913. The number of carbonyl (C=O) groups excluding carboxylic acids is 1. The van der Waals surface area contributed by atoms with Crippen LogP contribution in [0.1, 0.15) is 49.5 Å². The van der Waals surface area contributed by atoms with Crippen LogP contribution >= 0.6 is 11.3 Å². The van der Waals surface area contributed by atoms with Gasteiger partial charge >= 0.3 is 0 Å². The van der Waals surface area contributed by atoms with Crippen LogP contribution in [-0.4, -0.2) is 29.4 Å². The van der Waals surface area contributed by atoms with Crippen LogP contribution < -0.4 is 5.32 Å². The molecule has 4 heteroatoms. The predicted molar refractivity (Wildman–Crippen MR) is 89.0 cm³/mol. The SMILES string of the molecule is Cc1csc(C)c1NC(=O)C1CCCCN1C(C)C1CC1. The van der Waals surface area contributed by atoms with Gasteiger partial charge in [-0.3, -0.25) is 9.69 Å². The second-order valence-electron chi connectivity index (χ2n) is 6.67. The molecule has 3 rings (SSSR count). The zero-order valence-electron chi connectivity index (χ0n) is 13.3. The molecule has 1 aliphatic heterocycles. The van der Waals surface area contributed by atoms with E-state index in [0.717, 1.165) is 24.6 Å². The lowest BCUT2D eigenvalue weighted by atomic mass is 9.97. The molecular formula is C17H26N2OS. The van der Waals surface area contributed by atoms with Crippen LogP contribution in [0.5, 0.6) is 0 Å². The fraction of sp³-hybridized carbons (Fsp3) is 0.706. The number of aryl methyl sites for hydroxylation is 2. The summed E-state index contributed by atoms with van der Waals surface area (Å²) in [6.07, 6.45) is 6.10. The molecule has 2 heterocycles. The average molecular weight is 306 g/mol. The minimum Gasteiger partial charge on any atom is -0.323 e. The van der Waals surface area contributed by atoms with Crippen LogP contribution in [0.4, 0.5) is 5.69 Å². The molecule has 1 aromatic heterocycles. The molecule has 1 saturated carbocycles. The molecule has 1 aliphatic carbocycles. The summed E-state index contributed by atoms with van der Waals surface area (Å²) >= 11 is 1.71. The van der Waals surface area contributed by atoms with Crippen molar-refractivity contribution in [3.8, 4) is 0 Å². The number of hydrogen-bond acceptors (Lipinski definition) is 3. The van der Waals surface area contributed by atoms with E-state index in [1.807, 2.05) is 0 Å². The molecule has 116 valence electrons. The monoisotopic (exact) mass is 306 g/mol. The summed E-state index contributed by atoms with van der Waals surface area (Å²) in [4.78, 5) is 16.5. The Hall–Kier alpha value is -0.870. The maximum Gasteiger partial charge on any atom is 0.241 e. The largest absolute Gasteiger partial charge is 0.323 e. The van der Waals surface area contributed by atoms with Crippen LogP contribution in [0.15, 0.2) is 5.38 Å². The number of rotatable bonds is 4. The van der Waals surface area contributed by atoms with Crippen molar-refractivity contribution in [1.29, 1.82) is 0 Å². The Balaban J connectivity index is 1.72. The normalized spacial score (nSPS) is 24.8. The summed E-state index contributed by atoms with van der Waals surface area (Å²) in [6.45, 7) is 7.55. The first-order valence-electron chi connectivity index (χ1n) is 8.19. The fourth-order valence-electron chi connectivity index (χ4n) is 3.54. The van der Waals surface area contributed by atoms with Crippen molar-refractivity contribution in [2.75, 3.05) is 11.9 Å². The van der Waals surface area contributed by atoms with Gasteiger partial charge in [0.2, 0.25) is 5.91 Å². The molecule has 0 aromatic carbocycles. The Kier molecular flexibility index (Phi) is 4.36. The van der Waals surface area contributed by atoms with Gasteiger partial charge in [0.25, 0.3) is 0 Å². The van der Waals surface area contributed by atoms with Gasteiger partial charge in [-0.1, -0.05) is 6.42 Å². The van der Waals surface area contributed by atoms with Gasteiger partial charge in [-0.15, -0.1) is 11.3 Å². The van der Waals surface area contributed by atoms with Crippen molar-refractivity contribution in [3.63, 3.8) is 0 Å². The zero-order valence-corrected chi connectivity index (χ0v) is 14.1. The van der Waals surface area contributed by atoms with E-state index in [-0.39, 0.29) is 11.9 Å². The van der Waals surface area contributed by atoms with E-state index >= 15 is 0 Å². The molecule has 0 radical (unpaired) electrons. The molecule has 1 N–H and O–H groups in total. The fourth-order valence-corrected chi connectivity index (χ4v) is 4.34. The molecule has 1 aromatic rings. The van der Waals surface area contributed by atoms with Crippen molar-refractivity contribution in [3.05, 3.63) is 15.8 Å². The summed E-state index contributed by atoms with van der Waals surface area (Å²) in [5, 5.41) is 5.32. The van der Waals surface area contributed by atoms with Crippen molar-refractivity contribution in [2.45, 2.75) is 65.0 Å². The van der Waals surface area contributed by atoms with Crippen LogP contribution in [0, 0.1) is 19.8 Å². The maximum absolute atomic E-state index is 12.8. The van der Waals surface area contributed by atoms with Gasteiger partial charge in [0.1, 0.15) is 0 Å². The highest BCUT2D eigenvalue weighted by molar-refractivity contribution is 7.10. The lowest BCUT2D eigenvalue weighted by Gasteiger charge is -2.39. The topological polar surface area (TPSA) is 32.3 Å². The second-order valence-corrected chi connectivity index (χ2v) is 7.75. The van der Waals surface area contributed by atoms with Crippen molar-refractivity contribution < 1.29 is 4.79 Å². The Morgan fingerprint density at radius 3 is 2.71 bits per heavy atom. The van der Waals surface area contributed by atoms with Gasteiger partial charge < -0.3 is 5.32 Å². The Morgan fingerprint density at radius 1 is 1.33 bits per heavy atom. The lowest BCUT2D eigenvalue weighted by Crippen LogP contribution is -2.51. The van der Waals surface area contributed by atoms with E-state index < -0.39 is 0 Å². The molecule has 2 aliphatic rings. The first-order valence-corrected chi connectivity index (χ1v) is 9.07. The van der Waals surface area contributed by atoms with Crippen LogP contribution in [0.2, 0.25) is 0 Å². The van der Waals surface area contributed by atoms with E-state index in [2.05, 4.69) is 36.4 Å². The smallest absolute Gasteiger partial charge is 0.241 e. The Labute approximate surface area is 131 Å². The number of thiophene rings is 1. The van der Waals surface area contributed by atoms with Gasteiger partial charge in [0.15, 0.2) is 0 Å². The van der Waals surface area contributed by atoms with Crippen LogP contribution in [0.3, 0.4) is 0 Å². The van der Waals surface area contributed by atoms with Crippen LogP contribution in [-0.2, 0) is 4.79 Å². The average Bonchev–Trinajstić information content (AvgIpc) is 3.29. The molecule has 1 amide bonds. The molecule has 21 heavy (non-hydrogen) atoms. The molecule has 2 atom stereocenters. The number of carbonyl (C=O) groups is 1. The third-order valence-electron chi connectivity index (χ3n) is 5.08. The number of piperidine rings is 1. The van der Waals surface area contributed by atoms with E-state index in [4.69, 9.17) is 0 Å². The molecule has 2 unspecified atom stereocenters. The zero-order chi connectivity index (χ0) is 15.0. The molecule has 3 nitrogen and oxygen atoms in total. The standard InChI is InChI=1S/C17H26N2OS/c1-11-10-21-13(3)16(11)18-17(20)15-6-4-5-9-19(15)12(2)14-7-8-14/h10,12,14-15H,4-9H2,1-3H3,(H,18,20). The Morgan fingerprint density at radius 2 is 2.10 bits per heavy atom. The third-order valence-corrected chi connectivity index (χ3v) is 6.11. The van der Waals surface area contributed by atoms with Gasteiger partial charge in [0.05, 0.1) is 11.7 Å². The van der Waals surface area contributed by atoms with Crippen molar-refractivity contribution in [2.24, 2.45) is 5.92 Å². The number of likely N-dealkylation sites (tertiary alicyclic amines) is 1. The predicted octanol–water partition coefficient (Wildman–Crippen LogP) is 3.96. The number of amides is 1. The Bertz CT molecular complexity index is 501. The van der Waals surface area contributed by atoms with Crippen molar-refractivity contribution in [1.82, 2.24) is 4.90 Å². The van der Waals surface area contributed by atoms with Gasteiger partial charge in [-0.05, 0) is 69.9 Å². The number of anilines is 1. The van der Waals surface area contributed by atoms with Crippen molar-refractivity contribution >= 4 is 22.9 Å². The third kappa shape index (κ3) is 3.16. The summed E-state index contributed by atoms with van der Waals surface area (Å²) < 4.78 is 0. The first kappa shape index (κ1) is 15.0. The van der Waals surface area contributed by atoms with Crippen LogP contribution in [0.25, 0.3) is 0 Å². The number of nitrogens with one attached hydrogen (secondary N) is 1. The first-order chi connectivity index (χ1) is 10.1. The number of nitrogens with zero attached hydrogens (tertiary/aromatic N) is 1. The summed E-state index contributed by atoms with van der Waals surface area (Å²) in [5.74, 6) is 1.02. The van der Waals surface area contributed by atoms with E-state index in [0.29, 0.717) is 6.04 Å². The molecule has 1 saturated heterocycles. The summed E-state index contributed by atoms with van der Waals surface area (Å²) in [6, 6.07) is 0.624. The molecule has 0 bridgehead atoms. The second kappa shape index (κ2) is 6.09. The van der Waals surface area contributed by atoms with E-state index in [1.165, 1.54) is 36.1 Å². The van der Waals surface area contributed by atoms with Gasteiger partial charge in [-0.25, -0.2) is 0 Å². The minimum absolute atomic E-state index is 0.0630. The maximum atomic E-state index is 12.8. The molecule has 2 fully saturated rings. The van der Waals surface area contributed by atoms with E-state index in [1.54, 1.807) is 11.3 Å². The van der Waals surface area contributed by atoms with Gasteiger partial charge in [-0.2, -0.15) is 0 Å². The van der Waals surface area contributed by atoms with E-state index in [9.17, 15) is 4.79 Å². The highest BCUT2D eigenvalue weighted by Crippen LogP contribution is 2.37.